The van der Waals surface area contributed by atoms with Gasteiger partial charge >= 0.3 is 0 Å². The van der Waals surface area contributed by atoms with E-state index in [1.807, 2.05) is 30.0 Å². The average molecular weight is 484 g/mol. The Morgan fingerprint density at radius 3 is 2.52 bits per heavy atom. The van der Waals surface area contributed by atoms with Crippen molar-refractivity contribution < 1.29 is 5.11 Å². The Morgan fingerprint density at radius 2 is 1.76 bits per heavy atom. The Labute approximate surface area is 201 Å². The van der Waals surface area contributed by atoms with E-state index in [1.54, 1.807) is 0 Å². The Morgan fingerprint density at radius 1 is 0.970 bits per heavy atom. The van der Waals surface area contributed by atoms with Gasteiger partial charge in [-0.05, 0) is 5.56 Å². The van der Waals surface area contributed by atoms with E-state index >= 15 is 0 Å². The van der Waals surface area contributed by atoms with Crippen LogP contribution in [0.3, 0.4) is 0 Å². The quantitative estimate of drug-likeness (QED) is 0.376. The van der Waals surface area contributed by atoms with Crippen molar-refractivity contribution >= 4 is 52.3 Å². The first-order valence-corrected chi connectivity index (χ1v) is 13.3. The summed E-state index contributed by atoms with van der Waals surface area (Å²) in [6, 6.07) is 10.1. The van der Waals surface area contributed by atoms with Crippen molar-refractivity contribution in [1.82, 2.24) is 25.3 Å². The number of rotatable bonds is 7. The number of piperazine rings is 1. The third-order valence-corrected chi connectivity index (χ3v) is 7.30. The molecule has 0 radical (unpaired) electrons. The second-order valence-corrected chi connectivity index (χ2v) is 9.97. The number of anilines is 3. The fourth-order valence-electron chi connectivity index (χ4n) is 3.96. The maximum Gasteiger partial charge on any atom is 0.229 e. The maximum absolute atomic E-state index is 11.5. The zero-order chi connectivity index (χ0) is 22.5. The van der Waals surface area contributed by atoms with E-state index in [9.17, 15) is 5.11 Å². The minimum absolute atomic E-state index is 0.324. The van der Waals surface area contributed by atoms with E-state index in [-0.39, 0.29) is 5.94 Å². The van der Waals surface area contributed by atoms with Crippen LogP contribution in [0.5, 0.6) is 0 Å². The highest BCUT2D eigenvalue weighted by molar-refractivity contribution is 7.99. The molecular weight excluding hydrogens is 456 g/mol. The molecule has 174 valence electrons. The summed E-state index contributed by atoms with van der Waals surface area (Å²) < 4.78 is 0. The summed E-state index contributed by atoms with van der Waals surface area (Å²) in [5.41, 5.74) is 2.37. The molecule has 0 saturated carbocycles. The highest BCUT2D eigenvalue weighted by Crippen LogP contribution is 2.31. The van der Waals surface area contributed by atoms with Gasteiger partial charge in [0.15, 0.2) is 22.8 Å². The zero-order valence-corrected chi connectivity index (χ0v) is 20.0. The largest absolute Gasteiger partial charge is 0.846 e. The molecule has 2 aliphatic heterocycles. The number of hydrogen-bond donors (Lipinski definition) is 2. The van der Waals surface area contributed by atoms with Crippen molar-refractivity contribution in [2.45, 2.75) is 11.6 Å². The number of thioether (sulfide) groups is 2. The Bertz CT molecular complexity index is 1070. The predicted molar refractivity (Wildman–Crippen MR) is 134 cm³/mol. The number of fused-ring (bicyclic) bond motifs is 1. The normalized spacial score (nSPS) is 16.9. The number of aromatic nitrogens is 4. The lowest BCUT2D eigenvalue weighted by molar-refractivity contribution is -0.338. The molecule has 3 aromatic rings. The molecule has 2 N–H and O–H groups in total. The van der Waals surface area contributed by atoms with Gasteiger partial charge in [0, 0.05) is 57.3 Å². The lowest BCUT2D eigenvalue weighted by Gasteiger charge is -2.31. The Kier molecular flexibility index (Phi) is 7.30. The average Bonchev–Trinajstić information content (AvgIpc) is 2.88. The summed E-state index contributed by atoms with van der Waals surface area (Å²) in [6.45, 7) is 5.96. The maximum atomic E-state index is 11.5. The van der Waals surface area contributed by atoms with E-state index in [4.69, 9.17) is 19.9 Å². The van der Waals surface area contributed by atoms with Crippen molar-refractivity contribution in [3.05, 3.63) is 35.9 Å². The highest BCUT2D eigenvalue weighted by Gasteiger charge is 2.23. The molecule has 33 heavy (non-hydrogen) atoms. The molecule has 0 amide bonds. The summed E-state index contributed by atoms with van der Waals surface area (Å²) in [4.78, 5) is 24.0. The van der Waals surface area contributed by atoms with E-state index < -0.39 is 0 Å². The fraction of sp³-hybridized carbons (Fsp3) is 0.455. The van der Waals surface area contributed by atoms with Gasteiger partial charge in [-0.2, -0.15) is 21.7 Å². The van der Waals surface area contributed by atoms with Crippen LogP contribution in [-0.4, -0.2) is 76.6 Å². The first kappa shape index (κ1) is 22.5. The van der Waals surface area contributed by atoms with Gasteiger partial charge in [-0.3, -0.25) is 0 Å². The highest BCUT2D eigenvalue weighted by atomic mass is 32.2. The second kappa shape index (κ2) is 10.7. The van der Waals surface area contributed by atoms with Crippen LogP contribution in [0.1, 0.15) is 5.56 Å². The van der Waals surface area contributed by atoms with Crippen LogP contribution < -0.4 is 25.5 Å². The van der Waals surface area contributed by atoms with Gasteiger partial charge in [0.25, 0.3) is 0 Å². The van der Waals surface area contributed by atoms with Crippen LogP contribution in [-0.2, 0) is 6.54 Å². The Hall–Kier alpha value is -2.34. The molecule has 4 heterocycles. The standard InChI is InChI=1S/C22H27N8OS2/c31-15-33-21-19(24-14-16-4-2-1-3-5-16)26-18-17(25-21)20(29-10-12-32-13-11-29)28-22(27-18)30-8-6-23-7-9-30/h1-5,23H,6-15H2,(H,24,26,27,28)/q-1. The van der Waals surface area contributed by atoms with Crippen LogP contribution in [0.4, 0.5) is 17.6 Å². The van der Waals surface area contributed by atoms with Crippen LogP contribution in [0, 0.1) is 0 Å². The third kappa shape index (κ3) is 5.26. The first-order valence-electron chi connectivity index (χ1n) is 11.2. The second-order valence-electron chi connectivity index (χ2n) is 7.83. The summed E-state index contributed by atoms with van der Waals surface area (Å²) in [6.07, 6.45) is 0. The number of nitrogens with one attached hydrogen (secondary N) is 2. The van der Waals surface area contributed by atoms with Crippen molar-refractivity contribution in [3.8, 4) is 0 Å². The van der Waals surface area contributed by atoms with Crippen LogP contribution >= 0.6 is 23.5 Å². The van der Waals surface area contributed by atoms with Crippen molar-refractivity contribution in [2.75, 3.05) is 71.8 Å². The molecule has 2 aromatic heterocycles. The van der Waals surface area contributed by atoms with Crippen LogP contribution in [0.2, 0.25) is 0 Å². The molecule has 0 unspecified atom stereocenters. The first-order chi connectivity index (χ1) is 16.3. The van der Waals surface area contributed by atoms with Crippen LogP contribution in [0.15, 0.2) is 35.4 Å². The zero-order valence-electron chi connectivity index (χ0n) is 18.4. The van der Waals surface area contributed by atoms with Gasteiger partial charge in [-0.15, -0.1) is 11.8 Å². The number of hydrogen-bond acceptors (Lipinski definition) is 11. The minimum Gasteiger partial charge on any atom is -0.846 e. The molecule has 9 nitrogen and oxygen atoms in total. The van der Waals surface area contributed by atoms with Gasteiger partial charge in [-0.25, -0.2) is 9.97 Å². The van der Waals surface area contributed by atoms with Gasteiger partial charge < -0.3 is 25.5 Å². The molecule has 0 aliphatic carbocycles. The lowest BCUT2D eigenvalue weighted by atomic mass is 10.2. The molecule has 1 aromatic carbocycles. The van der Waals surface area contributed by atoms with Gasteiger partial charge in [0.1, 0.15) is 5.03 Å². The van der Waals surface area contributed by atoms with E-state index in [2.05, 4.69) is 32.6 Å². The third-order valence-electron chi connectivity index (χ3n) is 5.68. The summed E-state index contributed by atoms with van der Waals surface area (Å²) in [5, 5.41) is 18.9. The molecule has 2 saturated heterocycles. The molecule has 0 spiro atoms. The van der Waals surface area contributed by atoms with Crippen LogP contribution in [0.25, 0.3) is 11.2 Å². The van der Waals surface area contributed by atoms with Crippen molar-refractivity contribution in [3.63, 3.8) is 0 Å². The minimum atomic E-state index is -0.324. The monoisotopic (exact) mass is 483 g/mol. The topological polar surface area (TPSA) is 105 Å². The summed E-state index contributed by atoms with van der Waals surface area (Å²) in [5.74, 6) is 3.91. The van der Waals surface area contributed by atoms with Crippen molar-refractivity contribution in [2.24, 2.45) is 0 Å². The molecular formula is C22H27N8OS2-. The summed E-state index contributed by atoms with van der Waals surface area (Å²) in [7, 11) is 0. The Balaban J connectivity index is 1.56. The lowest BCUT2D eigenvalue weighted by Crippen LogP contribution is -2.44. The SMILES string of the molecule is [O-]CSc1nc2c(N3CCSCC3)nc(N3CCNCC3)nc2nc1NCc1ccccc1. The summed E-state index contributed by atoms with van der Waals surface area (Å²) >= 11 is 3.10. The molecule has 0 atom stereocenters. The smallest absolute Gasteiger partial charge is 0.229 e. The molecule has 11 heteroatoms. The molecule has 2 aliphatic rings. The predicted octanol–water partition coefficient (Wildman–Crippen LogP) is 1.40. The fourth-order valence-corrected chi connectivity index (χ4v) is 5.39. The van der Waals surface area contributed by atoms with Gasteiger partial charge in [-0.1, -0.05) is 36.3 Å². The van der Waals surface area contributed by atoms with Crippen molar-refractivity contribution in [1.29, 1.82) is 0 Å². The van der Waals surface area contributed by atoms with Gasteiger partial charge in [0.2, 0.25) is 5.95 Å². The molecule has 0 bridgehead atoms. The van der Waals surface area contributed by atoms with Gasteiger partial charge in [0.05, 0.1) is 0 Å². The molecule has 5 rings (SSSR count). The van der Waals surface area contributed by atoms with E-state index in [1.165, 1.54) is 0 Å². The molecule has 2 fully saturated rings. The van der Waals surface area contributed by atoms with E-state index in [0.717, 1.165) is 73.9 Å². The number of nitrogens with zero attached hydrogens (tertiary/aromatic N) is 6. The number of benzene rings is 1. The van der Waals surface area contributed by atoms with E-state index in [0.29, 0.717) is 34.5 Å².